The molecule has 4 aromatic rings. The summed E-state index contributed by atoms with van der Waals surface area (Å²) in [6, 6.07) is 17.5. The predicted molar refractivity (Wildman–Crippen MR) is 132 cm³/mol. The maximum Gasteiger partial charge on any atom is 0.331 e. The van der Waals surface area contributed by atoms with Crippen molar-refractivity contribution in [3.63, 3.8) is 0 Å². The van der Waals surface area contributed by atoms with E-state index in [2.05, 4.69) is 0 Å². The zero-order chi connectivity index (χ0) is 23.4. The summed E-state index contributed by atoms with van der Waals surface area (Å²) in [5.41, 5.74) is 6.11. The van der Waals surface area contributed by atoms with Gasteiger partial charge in [-0.25, -0.2) is 9.48 Å². The molecule has 166 valence electrons. The van der Waals surface area contributed by atoms with Gasteiger partial charge in [-0.3, -0.25) is 4.79 Å². The Labute approximate surface area is 197 Å². The second kappa shape index (κ2) is 9.79. The number of para-hydroxylation sites is 1. The van der Waals surface area contributed by atoms with E-state index in [1.54, 1.807) is 22.1 Å². The lowest BCUT2D eigenvalue weighted by molar-refractivity contribution is -0.136. The van der Waals surface area contributed by atoms with Gasteiger partial charge >= 0.3 is 5.97 Å². The van der Waals surface area contributed by atoms with Crippen LogP contribution >= 0.6 is 11.3 Å². The highest BCUT2D eigenvalue weighted by Crippen LogP contribution is 2.28. The van der Waals surface area contributed by atoms with Crippen molar-refractivity contribution in [2.75, 3.05) is 6.61 Å². The molecule has 6 heteroatoms. The first-order valence-corrected chi connectivity index (χ1v) is 11.4. The summed E-state index contributed by atoms with van der Waals surface area (Å²) in [6.45, 7) is 5.55. The number of esters is 1. The van der Waals surface area contributed by atoms with E-state index in [9.17, 15) is 9.59 Å². The second-order valence-corrected chi connectivity index (χ2v) is 8.75. The Bertz CT molecular complexity index is 1320. The second-order valence-electron chi connectivity index (χ2n) is 7.81. The highest BCUT2D eigenvalue weighted by molar-refractivity contribution is 7.13. The monoisotopic (exact) mass is 456 g/mol. The number of aromatic nitrogens is 2. The van der Waals surface area contributed by atoms with Crippen LogP contribution in [0.1, 0.15) is 32.6 Å². The maximum absolute atomic E-state index is 12.6. The maximum atomic E-state index is 12.6. The number of ketones is 1. The molecular weight excluding hydrogens is 432 g/mol. The van der Waals surface area contributed by atoms with Crippen LogP contribution in [0, 0.1) is 20.8 Å². The average Bonchev–Trinajstić information content (AvgIpc) is 3.49. The van der Waals surface area contributed by atoms with Crippen molar-refractivity contribution in [2.45, 2.75) is 20.8 Å². The summed E-state index contributed by atoms with van der Waals surface area (Å²) in [6.07, 6.45) is 4.89. The first-order valence-electron chi connectivity index (χ1n) is 10.6. The van der Waals surface area contributed by atoms with Crippen molar-refractivity contribution in [3.8, 4) is 16.3 Å². The molecule has 0 fully saturated rings. The van der Waals surface area contributed by atoms with Gasteiger partial charge in [-0.15, -0.1) is 11.3 Å². The standard InChI is InChI=1S/C27H24N2O3S/c1-18-14-20(3)23(15-19(18)2)24(30)17-32-26(31)12-11-21-16-29(22-8-5-4-6-9-22)28-27(21)25-10-7-13-33-25/h4-16H,17H2,1-3H3. The number of nitrogens with zero attached hydrogens (tertiary/aromatic N) is 2. The molecule has 0 radical (unpaired) electrons. The number of aryl methyl sites for hydroxylation is 3. The highest BCUT2D eigenvalue weighted by atomic mass is 32.1. The number of ether oxygens (including phenoxy) is 1. The lowest BCUT2D eigenvalue weighted by atomic mass is 9.98. The topological polar surface area (TPSA) is 61.2 Å². The van der Waals surface area contributed by atoms with Gasteiger partial charge in [0.15, 0.2) is 6.61 Å². The molecule has 0 aliphatic rings. The zero-order valence-electron chi connectivity index (χ0n) is 18.7. The van der Waals surface area contributed by atoms with Crippen LogP contribution in [-0.4, -0.2) is 28.1 Å². The lowest BCUT2D eigenvalue weighted by Gasteiger charge is -2.09. The lowest BCUT2D eigenvalue weighted by Crippen LogP contribution is -2.14. The molecule has 0 atom stereocenters. The minimum atomic E-state index is -0.575. The van der Waals surface area contributed by atoms with Gasteiger partial charge in [-0.1, -0.05) is 30.3 Å². The fourth-order valence-corrected chi connectivity index (χ4v) is 4.24. The molecule has 0 bridgehead atoms. The molecule has 0 spiro atoms. The Balaban J connectivity index is 1.49. The fourth-order valence-electron chi connectivity index (χ4n) is 3.51. The Morgan fingerprint density at radius 1 is 1.00 bits per heavy atom. The van der Waals surface area contributed by atoms with E-state index in [-0.39, 0.29) is 12.4 Å². The van der Waals surface area contributed by atoms with Crippen LogP contribution in [0.25, 0.3) is 22.3 Å². The van der Waals surface area contributed by atoms with E-state index in [1.807, 2.05) is 86.9 Å². The zero-order valence-corrected chi connectivity index (χ0v) is 19.6. The van der Waals surface area contributed by atoms with Gasteiger partial charge in [0.1, 0.15) is 5.69 Å². The van der Waals surface area contributed by atoms with E-state index in [0.717, 1.165) is 38.5 Å². The molecular formula is C27H24N2O3S. The van der Waals surface area contributed by atoms with Gasteiger partial charge in [0.05, 0.1) is 10.6 Å². The highest BCUT2D eigenvalue weighted by Gasteiger charge is 2.14. The summed E-state index contributed by atoms with van der Waals surface area (Å²) in [5, 5.41) is 6.69. The van der Waals surface area contributed by atoms with Gasteiger partial charge in [-0.05, 0) is 73.2 Å². The molecule has 0 aliphatic heterocycles. The number of benzene rings is 2. The Morgan fingerprint density at radius 2 is 1.76 bits per heavy atom. The van der Waals surface area contributed by atoms with Crippen LogP contribution < -0.4 is 0 Å². The third kappa shape index (κ3) is 5.18. The molecule has 2 aromatic heterocycles. The van der Waals surface area contributed by atoms with Gasteiger partial charge in [0, 0.05) is 23.4 Å². The summed E-state index contributed by atoms with van der Waals surface area (Å²) in [4.78, 5) is 25.9. The molecule has 0 amide bonds. The third-order valence-corrected chi connectivity index (χ3v) is 6.28. The first-order chi connectivity index (χ1) is 15.9. The van der Waals surface area contributed by atoms with Crippen LogP contribution in [0.15, 0.2) is 72.3 Å². The summed E-state index contributed by atoms with van der Waals surface area (Å²) < 4.78 is 7.01. The molecule has 4 rings (SSSR count). The molecule has 5 nitrogen and oxygen atoms in total. The normalized spacial score (nSPS) is 11.1. The average molecular weight is 457 g/mol. The van der Waals surface area contributed by atoms with Crippen LogP contribution in [0.5, 0.6) is 0 Å². The van der Waals surface area contributed by atoms with Crippen LogP contribution in [-0.2, 0) is 9.53 Å². The van der Waals surface area contributed by atoms with E-state index in [4.69, 9.17) is 9.84 Å². The number of hydrogen-bond donors (Lipinski definition) is 0. The SMILES string of the molecule is Cc1cc(C)c(C(=O)COC(=O)C=Cc2cn(-c3ccccc3)nc2-c2cccs2)cc1C. The van der Waals surface area contributed by atoms with Gasteiger partial charge in [0.2, 0.25) is 5.78 Å². The number of Topliss-reactive ketones (excluding diaryl/α,β-unsaturated/α-hetero) is 1. The quantitative estimate of drug-likeness (QED) is 0.195. The van der Waals surface area contributed by atoms with Crippen molar-refractivity contribution >= 4 is 29.2 Å². The number of hydrogen-bond acceptors (Lipinski definition) is 5. The number of carbonyl (C=O) groups excluding carboxylic acids is 2. The van der Waals surface area contributed by atoms with Crippen molar-refractivity contribution in [1.82, 2.24) is 9.78 Å². The number of carbonyl (C=O) groups is 2. The molecule has 0 aliphatic carbocycles. The third-order valence-electron chi connectivity index (χ3n) is 5.40. The van der Waals surface area contributed by atoms with Crippen molar-refractivity contribution in [3.05, 3.63) is 100 Å². The van der Waals surface area contributed by atoms with Crippen LogP contribution in [0.3, 0.4) is 0 Å². The van der Waals surface area contributed by atoms with Crippen LogP contribution in [0.2, 0.25) is 0 Å². The molecule has 33 heavy (non-hydrogen) atoms. The first kappa shape index (κ1) is 22.4. The summed E-state index contributed by atoms with van der Waals surface area (Å²) >= 11 is 1.58. The van der Waals surface area contributed by atoms with E-state index in [0.29, 0.717) is 5.56 Å². The Hall–Kier alpha value is -3.77. The molecule has 2 heterocycles. The predicted octanol–water partition coefficient (Wildman–Crippen LogP) is 5.97. The molecule has 0 saturated carbocycles. The minimum absolute atomic E-state index is 0.214. The summed E-state index contributed by atoms with van der Waals surface area (Å²) in [7, 11) is 0. The molecule has 0 saturated heterocycles. The molecule has 2 aromatic carbocycles. The molecule has 0 unspecified atom stereocenters. The number of rotatable bonds is 7. The molecule has 0 N–H and O–H groups in total. The van der Waals surface area contributed by atoms with E-state index in [1.165, 1.54) is 6.08 Å². The van der Waals surface area contributed by atoms with Crippen LogP contribution in [0.4, 0.5) is 0 Å². The van der Waals surface area contributed by atoms with Gasteiger partial charge in [-0.2, -0.15) is 5.10 Å². The van der Waals surface area contributed by atoms with Crippen molar-refractivity contribution in [2.24, 2.45) is 0 Å². The van der Waals surface area contributed by atoms with Crippen molar-refractivity contribution in [1.29, 1.82) is 0 Å². The van der Waals surface area contributed by atoms with Gasteiger partial charge in [0.25, 0.3) is 0 Å². The Morgan fingerprint density at radius 3 is 2.48 bits per heavy atom. The van der Waals surface area contributed by atoms with E-state index >= 15 is 0 Å². The van der Waals surface area contributed by atoms with Crippen molar-refractivity contribution < 1.29 is 14.3 Å². The number of thiophene rings is 1. The van der Waals surface area contributed by atoms with E-state index < -0.39 is 5.97 Å². The largest absolute Gasteiger partial charge is 0.454 e. The van der Waals surface area contributed by atoms with Gasteiger partial charge < -0.3 is 4.74 Å². The minimum Gasteiger partial charge on any atom is -0.454 e. The fraction of sp³-hybridized carbons (Fsp3) is 0.148. The smallest absolute Gasteiger partial charge is 0.331 e. The summed E-state index contributed by atoms with van der Waals surface area (Å²) in [5.74, 6) is -0.789. The Kier molecular flexibility index (Phi) is 6.66.